The SMILES string of the molecule is COCCN(Cc1cccn1Cc1ccccc1)C(=O)CN(CCN1CCOCC1)C(=O)c1ccccc1. The number of aromatic nitrogens is 1. The first-order chi connectivity index (χ1) is 18.6. The van der Waals surface area contributed by atoms with Gasteiger partial charge in [-0.2, -0.15) is 0 Å². The molecule has 202 valence electrons. The van der Waals surface area contributed by atoms with Gasteiger partial charge in [-0.15, -0.1) is 0 Å². The molecule has 38 heavy (non-hydrogen) atoms. The Morgan fingerprint density at radius 2 is 1.61 bits per heavy atom. The zero-order valence-electron chi connectivity index (χ0n) is 22.2. The third kappa shape index (κ3) is 8.02. The molecule has 1 aliphatic heterocycles. The van der Waals surface area contributed by atoms with Crippen molar-refractivity contribution >= 4 is 11.8 Å². The molecule has 1 fully saturated rings. The Morgan fingerprint density at radius 3 is 2.32 bits per heavy atom. The molecule has 8 nitrogen and oxygen atoms in total. The Morgan fingerprint density at radius 1 is 0.895 bits per heavy atom. The van der Waals surface area contributed by atoms with Gasteiger partial charge in [-0.05, 0) is 29.8 Å². The fraction of sp³-hybridized carbons (Fsp3) is 0.400. The Hall–Kier alpha value is -3.46. The highest BCUT2D eigenvalue weighted by Gasteiger charge is 2.24. The minimum atomic E-state index is -0.133. The number of nitrogens with zero attached hydrogens (tertiary/aromatic N) is 4. The first-order valence-electron chi connectivity index (χ1n) is 13.2. The van der Waals surface area contributed by atoms with Crippen LogP contribution in [0, 0.1) is 0 Å². The fourth-order valence-corrected chi connectivity index (χ4v) is 4.58. The lowest BCUT2D eigenvalue weighted by atomic mass is 10.2. The lowest BCUT2D eigenvalue weighted by Crippen LogP contribution is -2.47. The summed E-state index contributed by atoms with van der Waals surface area (Å²) in [6.45, 7) is 6.29. The van der Waals surface area contributed by atoms with Gasteiger partial charge in [-0.1, -0.05) is 48.5 Å². The monoisotopic (exact) mass is 518 g/mol. The lowest BCUT2D eigenvalue weighted by Gasteiger charge is -2.31. The average Bonchev–Trinajstić information content (AvgIpc) is 3.40. The van der Waals surface area contributed by atoms with Crippen molar-refractivity contribution in [3.05, 3.63) is 95.8 Å². The zero-order chi connectivity index (χ0) is 26.6. The number of ether oxygens (including phenoxy) is 2. The molecule has 0 N–H and O–H groups in total. The van der Waals surface area contributed by atoms with E-state index < -0.39 is 0 Å². The summed E-state index contributed by atoms with van der Waals surface area (Å²) in [5, 5.41) is 0. The second-order valence-electron chi connectivity index (χ2n) is 9.47. The van der Waals surface area contributed by atoms with Crippen molar-refractivity contribution < 1.29 is 19.1 Å². The van der Waals surface area contributed by atoms with Crippen LogP contribution in [0.2, 0.25) is 0 Å². The predicted molar refractivity (Wildman–Crippen MR) is 147 cm³/mol. The van der Waals surface area contributed by atoms with Gasteiger partial charge in [0, 0.05) is 63.8 Å². The molecule has 0 unspecified atom stereocenters. The maximum atomic E-state index is 13.7. The number of benzene rings is 2. The minimum absolute atomic E-state index is 0.0151. The van der Waals surface area contributed by atoms with Gasteiger partial charge in [0.05, 0.1) is 26.4 Å². The molecule has 4 rings (SSSR count). The smallest absolute Gasteiger partial charge is 0.254 e. The van der Waals surface area contributed by atoms with E-state index in [1.807, 2.05) is 54.7 Å². The predicted octanol–water partition coefficient (Wildman–Crippen LogP) is 2.99. The van der Waals surface area contributed by atoms with E-state index in [1.54, 1.807) is 29.0 Å². The van der Waals surface area contributed by atoms with Crippen LogP contribution in [0.25, 0.3) is 0 Å². The minimum Gasteiger partial charge on any atom is -0.383 e. The molecule has 0 bridgehead atoms. The Bertz CT molecular complexity index is 1130. The zero-order valence-corrected chi connectivity index (χ0v) is 22.2. The van der Waals surface area contributed by atoms with Crippen LogP contribution < -0.4 is 0 Å². The number of carbonyl (C=O) groups is 2. The molecule has 3 aromatic rings. The molecule has 1 aromatic heterocycles. The maximum absolute atomic E-state index is 13.7. The topological polar surface area (TPSA) is 67.2 Å². The van der Waals surface area contributed by atoms with Crippen molar-refractivity contribution in [3.63, 3.8) is 0 Å². The van der Waals surface area contributed by atoms with Crippen LogP contribution in [0.5, 0.6) is 0 Å². The molecule has 2 amide bonds. The first kappa shape index (κ1) is 27.6. The Labute approximate surface area is 225 Å². The van der Waals surface area contributed by atoms with Gasteiger partial charge >= 0.3 is 0 Å². The van der Waals surface area contributed by atoms with E-state index in [0.29, 0.717) is 51.6 Å². The van der Waals surface area contributed by atoms with E-state index in [9.17, 15) is 9.59 Å². The number of hydrogen-bond acceptors (Lipinski definition) is 5. The summed E-state index contributed by atoms with van der Waals surface area (Å²) in [5.74, 6) is -0.230. The largest absolute Gasteiger partial charge is 0.383 e. The molecular weight excluding hydrogens is 480 g/mol. The van der Waals surface area contributed by atoms with Crippen LogP contribution in [-0.2, 0) is 27.4 Å². The number of carbonyl (C=O) groups excluding carboxylic acids is 2. The van der Waals surface area contributed by atoms with Crippen LogP contribution in [-0.4, -0.2) is 97.3 Å². The van der Waals surface area contributed by atoms with E-state index in [1.165, 1.54) is 5.56 Å². The highest BCUT2D eigenvalue weighted by molar-refractivity contribution is 5.96. The molecule has 0 radical (unpaired) electrons. The van der Waals surface area contributed by atoms with E-state index >= 15 is 0 Å². The Balaban J connectivity index is 1.47. The van der Waals surface area contributed by atoms with E-state index in [0.717, 1.165) is 25.3 Å². The van der Waals surface area contributed by atoms with Crippen molar-refractivity contribution in [1.29, 1.82) is 0 Å². The summed E-state index contributed by atoms with van der Waals surface area (Å²) >= 11 is 0. The third-order valence-corrected chi connectivity index (χ3v) is 6.81. The summed E-state index contributed by atoms with van der Waals surface area (Å²) in [7, 11) is 1.63. The van der Waals surface area contributed by atoms with Crippen molar-refractivity contribution in [2.45, 2.75) is 13.1 Å². The van der Waals surface area contributed by atoms with Crippen molar-refractivity contribution in [1.82, 2.24) is 19.3 Å². The quantitative estimate of drug-likeness (QED) is 0.348. The molecule has 8 heteroatoms. The van der Waals surface area contributed by atoms with Crippen molar-refractivity contribution in [2.75, 3.05) is 66.2 Å². The van der Waals surface area contributed by atoms with Crippen molar-refractivity contribution in [2.24, 2.45) is 0 Å². The van der Waals surface area contributed by atoms with Gasteiger partial charge in [-0.25, -0.2) is 0 Å². The second-order valence-corrected chi connectivity index (χ2v) is 9.47. The summed E-state index contributed by atoms with van der Waals surface area (Å²) in [6, 6.07) is 23.5. The standard InChI is InChI=1S/C30H38N4O4/c1-37-20-19-33(24-28-13-8-14-32(28)23-26-9-4-2-5-10-26)29(35)25-34(16-15-31-17-21-38-22-18-31)30(36)27-11-6-3-7-12-27/h2-14H,15-25H2,1H3. The molecule has 2 aromatic carbocycles. The van der Waals surface area contributed by atoms with Crippen LogP contribution >= 0.6 is 0 Å². The van der Waals surface area contributed by atoms with E-state index in [4.69, 9.17) is 9.47 Å². The lowest BCUT2D eigenvalue weighted by molar-refractivity contribution is -0.133. The highest BCUT2D eigenvalue weighted by atomic mass is 16.5. The van der Waals surface area contributed by atoms with Crippen LogP contribution in [0.15, 0.2) is 79.0 Å². The van der Waals surface area contributed by atoms with Gasteiger partial charge in [0.1, 0.15) is 6.54 Å². The van der Waals surface area contributed by atoms with Gasteiger partial charge < -0.3 is 23.8 Å². The number of methoxy groups -OCH3 is 1. The van der Waals surface area contributed by atoms with Crippen LogP contribution in [0.3, 0.4) is 0 Å². The average molecular weight is 519 g/mol. The van der Waals surface area contributed by atoms with Gasteiger partial charge in [0.25, 0.3) is 5.91 Å². The summed E-state index contributed by atoms with van der Waals surface area (Å²) < 4.78 is 12.9. The van der Waals surface area contributed by atoms with Gasteiger partial charge in [0.15, 0.2) is 0 Å². The van der Waals surface area contributed by atoms with Crippen molar-refractivity contribution in [3.8, 4) is 0 Å². The van der Waals surface area contributed by atoms with E-state index in [2.05, 4.69) is 21.6 Å². The number of hydrogen-bond donors (Lipinski definition) is 0. The van der Waals surface area contributed by atoms with Gasteiger partial charge in [-0.3, -0.25) is 14.5 Å². The molecule has 2 heterocycles. The summed E-state index contributed by atoms with van der Waals surface area (Å²) in [5.41, 5.74) is 2.82. The number of morpholine rings is 1. The Kier molecular flexibility index (Phi) is 10.5. The molecule has 0 atom stereocenters. The number of rotatable bonds is 13. The number of amides is 2. The molecule has 0 spiro atoms. The molecule has 0 aliphatic carbocycles. The second kappa shape index (κ2) is 14.5. The highest BCUT2D eigenvalue weighted by Crippen LogP contribution is 2.13. The normalized spacial score (nSPS) is 13.8. The van der Waals surface area contributed by atoms with Gasteiger partial charge in [0.2, 0.25) is 5.91 Å². The maximum Gasteiger partial charge on any atom is 0.254 e. The molecule has 0 saturated carbocycles. The molecular formula is C30H38N4O4. The van der Waals surface area contributed by atoms with Crippen LogP contribution in [0.4, 0.5) is 0 Å². The van der Waals surface area contributed by atoms with E-state index in [-0.39, 0.29) is 18.4 Å². The summed E-state index contributed by atoms with van der Waals surface area (Å²) in [4.78, 5) is 32.9. The summed E-state index contributed by atoms with van der Waals surface area (Å²) in [6.07, 6.45) is 2.04. The fourth-order valence-electron chi connectivity index (χ4n) is 4.58. The first-order valence-corrected chi connectivity index (χ1v) is 13.2. The molecule has 1 aliphatic rings. The van der Waals surface area contributed by atoms with Crippen LogP contribution in [0.1, 0.15) is 21.6 Å². The third-order valence-electron chi connectivity index (χ3n) is 6.81. The molecule has 1 saturated heterocycles.